The van der Waals surface area contributed by atoms with Gasteiger partial charge in [-0.25, -0.2) is 9.78 Å². The first-order valence-corrected chi connectivity index (χ1v) is 11.0. The molecule has 0 spiro atoms. The molecule has 2 aromatic heterocycles. The molecule has 28 heavy (non-hydrogen) atoms. The number of hydrogen-bond donors (Lipinski definition) is 1. The molecular formula is C19H23N3O4S2. The Morgan fingerprint density at radius 2 is 2.21 bits per heavy atom. The summed E-state index contributed by atoms with van der Waals surface area (Å²) in [5.41, 5.74) is 1.75. The highest BCUT2D eigenvalue weighted by molar-refractivity contribution is 7.98. The Kier molecular flexibility index (Phi) is 6.24. The molecule has 0 fully saturated rings. The maximum Gasteiger partial charge on any atom is 0.341 e. The topological polar surface area (TPSA) is 90.3 Å². The first kappa shape index (κ1) is 20.6. The number of amides is 1. The fraction of sp³-hybridized carbons (Fsp3) is 0.474. The van der Waals surface area contributed by atoms with E-state index in [2.05, 4.69) is 17.2 Å². The number of aromatic nitrogens is 2. The molecule has 7 nitrogen and oxygen atoms in total. The zero-order valence-electron chi connectivity index (χ0n) is 16.3. The molecule has 1 aliphatic carbocycles. The number of thioether (sulfide) groups is 1. The van der Waals surface area contributed by atoms with Crippen LogP contribution in [0.4, 0.5) is 5.00 Å². The average molecular weight is 422 g/mol. The van der Waals surface area contributed by atoms with Gasteiger partial charge in [0.1, 0.15) is 11.5 Å². The van der Waals surface area contributed by atoms with E-state index in [1.165, 1.54) is 40.8 Å². The molecule has 0 radical (unpaired) electrons. The molecule has 0 saturated heterocycles. The summed E-state index contributed by atoms with van der Waals surface area (Å²) in [6.07, 6.45) is 4.49. The van der Waals surface area contributed by atoms with Crippen LogP contribution < -0.4 is 10.9 Å². The van der Waals surface area contributed by atoms with Crippen molar-refractivity contribution in [3.63, 3.8) is 0 Å². The summed E-state index contributed by atoms with van der Waals surface area (Å²) in [7, 11) is 1.34. The van der Waals surface area contributed by atoms with E-state index in [1.54, 1.807) is 13.2 Å². The molecule has 150 valence electrons. The smallest absolute Gasteiger partial charge is 0.341 e. The minimum absolute atomic E-state index is 0.165. The van der Waals surface area contributed by atoms with Gasteiger partial charge in [-0.2, -0.15) is 0 Å². The number of thiophene rings is 1. The molecule has 1 N–H and O–H groups in total. The number of esters is 1. The van der Waals surface area contributed by atoms with Gasteiger partial charge in [0.05, 0.1) is 12.7 Å². The average Bonchev–Trinajstić information content (AvgIpc) is 2.99. The largest absolute Gasteiger partial charge is 0.465 e. The molecule has 2 heterocycles. The Hall–Kier alpha value is -2.13. The van der Waals surface area contributed by atoms with Crippen LogP contribution >= 0.6 is 23.1 Å². The van der Waals surface area contributed by atoms with E-state index in [4.69, 9.17) is 4.74 Å². The number of fused-ring (bicyclic) bond motifs is 1. The van der Waals surface area contributed by atoms with Crippen LogP contribution in [0.2, 0.25) is 0 Å². The molecule has 0 bridgehead atoms. The van der Waals surface area contributed by atoms with Gasteiger partial charge in [-0.05, 0) is 43.9 Å². The highest BCUT2D eigenvalue weighted by Gasteiger charge is 2.29. The van der Waals surface area contributed by atoms with Gasteiger partial charge in [-0.1, -0.05) is 18.7 Å². The highest BCUT2D eigenvalue weighted by Crippen LogP contribution is 2.40. The number of anilines is 1. The second-order valence-corrected chi connectivity index (χ2v) is 8.78. The summed E-state index contributed by atoms with van der Waals surface area (Å²) in [5, 5.41) is 3.80. The van der Waals surface area contributed by atoms with Crippen molar-refractivity contribution < 1.29 is 14.3 Å². The van der Waals surface area contributed by atoms with Crippen LogP contribution in [0.5, 0.6) is 0 Å². The highest BCUT2D eigenvalue weighted by atomic mass is 32.2. The van der Waals surface area contributed by atoms with E-state index >= 15 is 0 Å². The van der Waals surface area contributed by atoms with Crippen LogP contribution in [0.1, 0.15) is 39.8 Å². The molecular weight excluding hydrogens is 398 g/mol. The third-order valence-corrected chi connectivity index (χ3v) is 6.59. The molecule has 0 saturated carbocycles. The second kappa shape index (κ2) is 8.48. The van der Waals surface area contributed by atoms with Gasteiger partial charge in [-0.3, -0.25) is 14.2 Å². The maximum absolute atomic E-state index is 12.7. The van der Waals surface area contributed by atoms with Crippen LogP contribution in [0, 0.1) is 12.8 Å². The van der Waals surface area contributed by atoms with Crippen molar-refractivity contribution in [3.8, 4) is 0 Å². The van der Waals surface area contributed by atoms with E-state index in [-0.39, 0.29) is 18.0 Å². The number of carbonyl (C=O) groups excluding carboxylic acids is 2. The fourth-order valence-corrected chi connectivity index (χ4v) is 5.39. The number of ether oxygens (including phenoxy) is 1. The number of rotatable bonds is 5. The number of aryl methyl sites for hydroxylation is 1. The standard InChI is InChI=1S/C19H23N3O4S2/c1-10-5-6-12-13(7-10)28-17(16(12)18(25)26-3)21-14(23)9-22-15(24)8-11(2)20-19(22)27-4/h8,10H,5-7,9H2,1-4H3,(H,21,23)/t10-/m0/s1. The lowest BCUT2D eigenvalue weighted by Crippen LogP contribution is -2.29. The Morgan fingerprint density at radius 1 is 1.46 bits per heavy atom. The SMILES string of the molecule is COC(=O)c1c(NC(=O)Cn2c(SC)nc(C)cc2=O)sc2c1CC[C@H](C)C2. The first-order valence-electron chi connectivity index (χ1n) is 8.99. The Labute approximate surface area is 171 Å². The zero-order chi connectivity index (χ0) is 20.4. The van der Waals surface area contributed by atoms with Gasteiger partial charge in [0.2, 0.25) is 5.91 Å². The first-order chi connectivity index (χ1) is 13.3. The van der Waals surface area contributed by atoms with Gasteiger partial charge >= 0.3 is 5.97 Å². The van der Waals surface area contributed by atoms with Crippen molar-refractivity contribution in [2.24, 2.45) is 5.92 Å². The molecule has 1 aliphatic rings. The lowest BCUT2D eigenvalue weighted by atomic mass is 9.88. The quantitative estimate of drug-likeness (QED) is 0.454. The van der Waals surface area contributed by atoms with E-state index in [0.29, 0.717) is 27.3 Å². The van der Waals surface area contributed by atoms with Crippen LogP contribution in [0.3, 0.4) is 0 Å². The van der Waals surface area contributed by atoms with Crippen LogP contribution in [-0.4, -0.2) is 34.8 Å². The van der Waals surface area contributed by atoms with Gasteiger partial charge < -0.3 is 10.1 Å². The Balaban J connectivity index is 1.89. The van der Waals surface area contributed by atoms with E-state index in [0.717, 1.165) is 29.7 Å². The summed E-state index contributed by atoms with van der Waals surface area (Å²) >= 11 is 2.73. The van der Waals surface area contributed by atoms with Gasteiger partial charge in [0, 0.05) is 16.6 Å². The molecule has 0 unspecified atom stereocenters. The summed E-state index contributed by atoms with van der Waals surface area (Å²) in [6, 6.07) is 1.40. The minimum atomic E-state index is -0.443. The Morgan fingerprint density at radius 3 is 2.89 bits per heavy atom. The maximum atomic E-state index is 12.7. The molecule has 3 rings (SSSR count). The predicted molar refractivity (Wildman–Crippen MR) is 110 cm³/mol. The molecule has 9 heteroatoms. The van der Waals surface area contributed by atoms with E-state index < -0.39 is 5.97 Å². The Bertz CT molecular complexity index is 980. The van der Waals surface area contributed by atoms with Crippen LogP contribution in [-0.2, 0) is 28.9 Å². The lowest BCUT2D eigenvalue weighted by molar-refractivity contribution is -0.116. The predicted octanol–water partition coefficient (Wildman–Crippen LogP) is 2.89. The van der Waals surface area contributed by atoms with Crippen molar-refractivity contribution in [1.29, 1.82) is 0 Å². The molecule has 1 atom stereocenters. The molecule has 0 aromatic carbocycles. The monoisotopic (exact) mass is 421 g/mol. The minimum Gasteiger partial charge on any atom is -0.465 e. The molecule has 0 aliphatic heterocycles. The zero-order valence-corrected chi connectivity index (χ0v) is 18.0. The van der Waals surface area contributed by atoms with Gasteiger partial charge in [0.15, 0.2) is 5.16 Å². The van der Waals surface area contributed by atoms with E-state index in [1.807, 2.05) is 0 Å². The fourth-order valence-electron chi connectivity index (χ4n) is 3.36. The summed E-state index contributed by atoms with van der Waals surface area (Å²) < 4.78 is 6.28. The number of nitrogens with one attached hydrogen (secondary N) is 1. The normalized spacial score (nSPS) is 15.8. The number of methoxy groups -OCH3 is 1. The molecule has 2 aromatic rings. The summed E-state index contributed by atoms with van der Waals surface area (Å²) in [5.74, 6) is -0.275. The summed E-state index contributed by atoms with van der Waals surface area (Å²) in [6.45, 7) is 3.76. The number of carbonyl (C=O) groups is 2. The third kappa shape index (κ3) is 4.15. The second-order valence-electron chi connectivity index (χ2n) is 6.90. The van der Waals surface area contributed by atoms with Crippen molar-refractivity contribution >= 4 is 40.0 Å². The third-order valence-electron chi connectivity index (χ3n) is 4.74. The van der Waals surface area contributed by atoms with E-state index in [9.17, 15) is 14.4 Å². The van der Waals surface area contributed by atoms with Crippen molar-refractivity contribution in [2.45, 2.75) is 44.8 Å². The van der Waals surface area contributed by atoms with Crippen LogP contribution in [0.25, 0.3) is 0 Å². The van der Waals surface area contributed by atoms with Gasteiger partial charge in [0.25, 0.3) is 5.56 Å². The number of hydrogen-bond acceptors (Lipinski definition) is 7. The van der Waals surface area contributed by atoms with Crippen molar-refractivity contribution in [2.75, 3.05) is 18.7 Å². The van der Waals surface area contributed by atoms with Crippen molar-refractivity contribution in [3.05, 3.63) is 38.1 Å². The van der Waals surface area contributed by atoms with Gasteiger partial charge in [-0.15, -0.1) is 11.3 Å². The lowest BCUT2D eigenvalue weighted by Gasteiger charge is -2.18. The van der Waals surface area contributed by atoms with Crippen molar-refractivity contribution in [1.82, 2.24) is 9.55 Å². The molecule has 1 amide bonds. The summed E-state index contributed by atoms with van der Waals surface area (Å²) in [4.78, 5) is 42.7. The van der Waals surface area contributed by atoms with Crippen LogP contribution in [0.15, 0.2) is 16.0 Å². The number of nitrogens with zero attached hydrogens (tertiary/aromatic N) is 2.